The Morgan fingerprint density at radius 1 is 1.36 bits per heavy atom. The summed E-state index contributed by atoms with van der Waals surface area (Å²) in [5, 5.41) is 18.9. The first-order valence-corrected chi connectivity index (χ1v) is 5.08. The van der Waals surface area contributed by atoms with Crippen LogP contribution in [0, 0.1) is 0 Å². The van der Waals surface area contributed by atoms with Crippen LogP contribution < -0.4 is 4.72 Å². The van der Waals surface area contributed by atoms with Crippen molar-refractivity contribution < 1.29 is 10.0 Å². The van der Waals surface area contributed by atoms with E-state index in [2.05, 4.69) is 20.9 Å². The lowest BCUT2D eigenvalue weighted by Gasteiger charge is -2.26. The number of rotatable bonds is 3. The first-order valence-electron chi connectivity index (χ1n) is 4.29. The number of aromatic nitrogens is 1. The minimum atomic E-state index is -0.791. The minimum Gasteiger partial charge on any atom is -0.433 e. The fourth-order valence-corrected chi connectivity index (χ4v) is 1.69. The molecule has 14 heavy (non-hydrogen) atoms. The van der Waals surface area contributed by atoms with Crippen LogP contribution in [0.4, 0.5) is 5.82 Å². The lowest BCUT2D eigenvalue weighted by atomic mass is 9.69. The minimum absolute atomic E-state index is 0.525. The average molecular weight is 257 g/mol. The van der Waals surface area contributed by atoms with E-state index >= 15 is 0 Å². The summed E-state index contributed by atoms with van der Waals surface area (Å²) in [6.07, 6.45) is 1.61. The zero-order valence-electron chi connectivity index (χ0n) is 8.05. The van der Waals surface area contributed by atoms with Crippen molar-refractivity contribution in [2.75, 3.05) is 4.72 Å². The van der Waals surface area contributed by atoms with Crippen LogP contribution in [-0.4, -0.2) is 29.1 Å². The third-order valence-electron chi connectivity index (χ3n) is 1.79. The summed E-state index contributed by atoms with van der Waals surface area (Å²) < 4.78 is 2.14. The normalized spacial score (nSPS) is 9.79. The molecule has 0 bridgehead atoms. The van der Waals surface area contributed by atoms with Crippen molar-refractivity contribution in [3.63, 3.8) is 0 Å². The van der Waals surface area contributed by atoms with E-state index in [4.69, 9.17) is 0 Å². The van der Waals surface area contributed by atoms with Gasteiger partial charge in [0.2, 0.25) is 0 Å². The summed E-state index contributed by atoms with van der Waals surface area (Å²) in [7, 11) is -1.58. The molecule has 0 spiro atoms. The van der Waals surface area contributed by atoms with Gasteiger partial charge in [-0.2, -0.15) is 0 Å². The molecule has 4 nitrogen and oxygen atoms in total. The number of halogens is 1. The van der Waals surface area contributed by atoms with Gasteiger partial charge in [0.1, 0.15) is 5.82 Å². The molecule has 0 radical (unpaired) electrons. The van der Waals surface area contributed by atoms with E-state index in [1.54, 1.807) is 32.0 Å². The fraction of sp³-hybridized carbons (Fsp3) is 0.286. The van der Waals surface area contributed by atoms with Gasteiger partial charge in [-0.05, 0) is 41.7 Å². The molecule has 0 aliphatic heterocycles. The highest BCUT2D eigenvalue weighted by Crippen LogP contribution is 2.23. The van der Waals surface area contributed by atoms with Gasteiger partial charge in [-0.25, -0.2) is 4.98 Å². The Morgan fingerprint density at radius 3 is 2.36 bits per heavy atom. The van der Waals surface area contributed by atoms with Crippen LogP contribution in [0.15, 0.2) is 22.8 Å². The number of hydrogen-bond donors (Lipinski definition) is 2. The molecule has 2 N–H and O–H groups in total. The molecule has 0 amide bonds. The summed E-state index contributed by atoms with van der Waals surface area (Å²) in [4.78, 5) is 4.08. The number of nitrogens with zero attached hydrogens (tertiary/aromatic N) is 2. The lowest BCUT2D eigenvalue weighted by molar-refractivity contribution is 0.554. The molecular weight excluding hydrogens is 246 g/mol. The molecule has 7 heteroatoms. The first-order chi connectivity index (χ1) is 6.54. The van der Waals surface area contributed by atoms with Crippen molar-refractivity contribution in [1.82, 2.24) is 4.98 Å². The second kappa shape index (κ2) is 4.82. The average Bonchev–Trinajstić information content (AvgIpc) is 2.07. The van der Waals surface area contributed by atoms with Crippen LogP contribution in [0.2, 0.25) is 13.6 Å². The van der Waals surface area contributed by atoms with Gasteiger partial charge >= 0.3 is 14.1 Å². The standard InChI is InChI=1S/C7H11B2BrN2O2/c1-8(13)12(9(2)14)7-6(10)4-3-5-11-7/h3-5,13-14H,1-2H3. The highest BCUT2D eigenvalue weighted by molar-refractivity contribution is 9.10. The second-order valence-corrected chi connectivity index (χ2v) is 3.83. The Morgan fingerprint density at radius 2 is 1.93 bits per heavy atom. The van der Waals surface area contributed by atoms with Crippen molar-refractivity contribution in [3.05, 3.63) is 22.8 Å². The number of pyridine rings is 1. The van der Waals surface area contributed by atoms with Crippen LogP contribution >= 0.6 is 15.9 Å². The number of hydrogen-bond acceptors (Lipinski definition) is 4. The summed E-state index contributed by atoms with van der Waals surface area (Å²) in [6, 6.07) is 3.58. The van der Waals surface area contributed by atoms with Crippen molar-refractivity contribution in [1.29, 1.82) is 0 Å². The van der Waals surface area contributed by atoms with E-state index in [1.165, 1.54) is 4.72 Å². The molecule has 1 rings (SSSR count). The largest absolute Gasteiger partial charge is 0.433 e. The molecule has 0 atom stereocenters. The van der Waals surface area contributed by atoms with Gasteiger partial charge in [0.05, 0.1) is 4.47 Å². The third kappa shape index (κ3) is 2.49. The summed E-state index contributed by atoms with van der Waals surface area (Å²) in [5.41, 5.74) is 0. The molecule has 0 aliphatic rings. The maximum atomic E-state index is 9.47. The SMILES string of the molecule is CB(O)N(B(C)O)c1ncccc1Br. The molecule has 1 aromatic heterocycles. The molecule has 0 aromatic carbocycles. The molecule has 0 unspecified atom stereocenters. The smallest absolute Gasteiger partial charge is 0.399 e. The van der Waals surface area contributed by atoms with Gasteiger partial charge in [0, 0.05) is 6.20 Å². The Kier molecular flexibility index (Phi) is 3.97. The quantitative estimate of drug-likeness (QED) is 0.788. The van der Waals surface area contributed by atoms with Crippen molar-refractivity contribution >= 4 is 35.8 Å². The predicted octanol–water partition coefficient (Wildman–Crippen LogP) is 0.871. The molecule has 0 saturated carbocycles. The number of anilines is 1. The molecular formula is C7H11B2BrN2O2. The maximum Gasteiger partial charge on any atom is 0.399 e. The second-order valence-electron chi connectivity index (χ2n) is 2.98. The molecule has 0 aliphatic carbocycles. The summed E-state index contributed by atoms with van der Waals surface area (Å²) >= 11 is 3.31. The maximum absolute atomic E-state index is 9.47. The Labute approximate surface area is 92.4 Å². The van der Waals surface area contributed by atoms with Gasteiger partial charge < -0.3 is 14.8 Å². The van der Waals surface area contributed by atoms with E-state index in [9.17, 15) is 10.0 Å². The van der Waals surface area contributed by atoms with Gasteiger partial charge in [-0.3, -0.25) is 0 Å². The van der Waals surface area contributed by atoms with Gasteiger partial charge in [-0.1, -0.05) is 0 Å². The molecule has 0 fully saturated rings. The zero-order chi connectivity index (χ0) is 10.7. The van der Waals surface area contributed by atoms with Crippen LogP contribution in [0.25, 0.3) is 0 Å². The Hall–Kier alpha value is -0.520. The Balaban J connectivity index is 3.05. The van der Waals surface area contributed by atoms with Crippen LogP contribution in [0.1, 0.15) is 0 Å². The van der Waals surface area contributed by atoms with Crippen LogP contribution in [0.5, 0.6) is 0 Å². The van der Waals surface area contributed by atoms with Crippen LogP contribution in [0.3, 0.4) is 0 Å². The van der Waals surface area contributed by atoms with Gasteiger partial charge in [0.15, 0.2) is 0 Å². The van der Waals surface area contributed by atoms with Gasteiger partial charge in [-0.15, -0.1) is 0 Å². The van der Waals surface area contributed by atoms with E-state index < -0.39 is 14.1 Å². The third-order valence-corrected chi connectivity index (χ3v) is 2.41. The predicted molar refractivity (Wildman–Crippen MR) is 62.1 cm³/mol. The lowest BCUT2D eigenvalue weighted by Crippen LogP contribution is -2.47. The topological polar surface area (TPSA) is 56.6 Å². The van der Waals surface area contributed by atoms with Crippen LogP contribution in [-0.2, 0) is 0 Å². The van der Waals surface area contributed by atoms with Crippen molar-refractivity contribution in [2.45, 2.75) is 13.6 Å². The fourth-order valence-electron chi connectivity index (χ4n) is 1.23. The highest BCUT2D eigenvalue weighted by atomic mass is 79.9. The summed E-state index contributed by atoms with van der Waals surface area (Å²) in [6.45, 7) is 3.15. The van der Waals surface area contributed by atoms with E-state index in [1.807, 2.05) is 0 Å². The van der Waals surface area contributed by atoms with Gasteiger partial charge in [0.25, 0.3) is 0 Å². The molecule has 1 aromatic rings. The highest BCUT2D eigenvalue weighted by Gasteiger charge is 2.26. The molecule has 1 heterocycles. The molecule has 0 saturated heterocycles. The molecule has 74 valence electrons. The first kappa shape index (κ1) is 11.6. The monoisotopic (exact) mass is 256 g/mol. The van der Waals surface area contributed by atoms with E-state index in [0.717, 1.165) is 4.47 Å². The van der Waals surface area contributed by atoms with E-state index in [0.29, 0.717) is 5.82 Å². The van der Waals surface area contributed by atoms with E-state index in [-0.39, 0.29) is 0 Å². The zero-order valence-corrected chi connectivity index (χ0v) is 9.64. The van der Waals surface area contributed by atoms with Crippen molar-refractivity contribution in [2.24, 2.45) is 0 Å². The summed E-state index contributed by atoms with van der Waals surface area (Å²) in [5.74, 6) is 0.525. The van der Waals surface area contributed by atoms with Crippen molar-refractivity contribution in [3.8, 4) is 0 Å². The Bertz CT molecular complexity index is 303.